The number of rotatable bonds is 4. The molecule has 0 aliphatic carbocycles. The highest BCUT2D eigenvalue weighted by atomic mass is 16.5. The molecule has 0 saturated heterocycles. The number of amides is 1. The maximum absolute atomic E-state index is 10.1. The van der Waals surface area contributed by atoms with Crippen LogP contribution in [0.3, 0.4) is 0 Å². The molecule has 0 unspecified atom stereocenters. The Hall–Kier alpha value is -2.10. The van der Waals surface area contributed by atoms with Crippen LogP contribution in [0.15, 0.2) is 40.9 Å². The molecule has 76 valence electrons. The van der Waals surface area contributed by atoms with E-state index in [2.05, 4.69) is 10.5 Å². The molecule has 1 amide bonds. The van der Waals surface area contributed by atoms with E-state index in [0.717, 1.165) is 11.3 Å². The molecule has 1 aromatic carbocycles. The van der Waals surface area contributed by atoms with E-state index in [1.165, 1.54) is 0 Å². The zero-order chi connectivity index (χ0) is 10.5. The van der Waals surface area contributed by atoms with Crippen molar-refractivity contribution in [2.75, 3.05) is 0 Å². The molecule has 1 heterocycles. The second-order valence-corrected chi connectivity index (χ2v) is 3.04. The summed E-state index contributed by atoms with van der Waals surface area (Å²) in [5.41, 5.74) is 1.77. The molecule has 1 N–H and O–H groups in total. The summed E-state index contributed by atoms with van der Waals surface area (Å²) in [7, 11) is 0. The molecule has 0 aliphatic rings. The predicted molar refractivity (Wildman–Crippen MR) is 54.8 cm³/mol. The summed E-state index contributed by atoms with van der Waals surface area (Å²) < 4.78 is 5.05. The van der Waals surface area contributed by atoms with Crippen LogP contribution >= 0.6 is 0 Å². The summed E-state index contributed by atoms with van der Waals surface area (Å²) >= 11 is 0. The molecule has 0 spiro atoms. The van der Waals surface area contributed by atoms with Crippen molar-refractivity contribution in [1.29, 1.82) is 0 Å². The van der Waals surface area contributed by atoms with E-state index < -0.39 is 0 Å². The van der Waals surface area contributed by atoms with Crippen molar-refractivity contribution in [3.63, 3.8) is 0 Å². The van der Waals surface area contributed by atoms with Crippen molar-refractivity contribution < 1.29 is 9.32 Å². The smallest absolute Gasteiger partial charge is 0.207 e. The van der Waals surface area contributed by atoms with Gasteiger partial charge in [-0.1, -0.05) is 35.5 Å². The second-order valence-electron chi connectivity index (χ2n) is 3.04. The summed E-state index contributed by atoms with van der Waals surface area (Å²) in [6.07, 6.45) is 0.630. The van der Waals surface area contributed by atoms with Gasteiger partial charge in [0.15, 0.2) is 5.76 Å². The predicted octanol–water partition coefficient (Wildman–Crippen LogP) is 1.59. The Morgan fingerprint density at radius 3 is 2.87 bits per heavy atom. The molecular formula is C11H10N2O2. The summed E-state index contributed by atoms with van der Waals surface area (Å²) in [6, 6.07) is 11.5. The number of carbonyl (C=O) groups is 1. The Labute approximate surface area is 86.9 Å². The van der Waals surface area contributed by atoms with Gasteiger partial charge in [0.25, 0.3) is 0 Å². The van der Waals surface area contributed by atoms with Gasteiger partial charge in [-0.2, -0.15) is 0 Å². The molecule has 0 saturated carbocycles. The minimum atomic E-state index is 0.364. The van der Waals surface area contributed by atoms with Crippen molar-refractivity contribution in [3.8, 4) is 11.3 Å². The maximum atomic E-state index is 10.1. The minimum absolute atomic E-state index is 0.364. The highest BCUT2D eigenvalue weighted by Crippen LogP contribution is 2.18. The monoisotopic (exact) mass is 202 g/mol. The van der Waals surface area contributed by atoms with Gasteiger partial charge in [0, 0.05) is 11.6 Å². The van der Waals surface area contributed by atoms with Crippen LogP contribution in [0.1, 0.15) is 5.76 Å². The fraction of sp³-hybridized carbons (Fsp3) is 0.0909. The first-order valence-electron chi connectivity index (χ1n) is 4.58. The first-order chi connectivity index (χ1) is 7.40. The van der Waals surface area contributed by atoms with Gasteiger partial charge in [-0.05, 0) is 0 Å². The zero-order valence-electron chi connectivity index (χ0n) is 8.01. The van der Waals surface area contributed by atoms with Crippen LogP contribution < -0.4 is 5.32 Å². The molecule has 0 aliphatic heterocycles. The second kappa shape index (κ2) is 4.41. The Bertz CT molecular complexity index is 437. The van der Waals surface area contributed by atoms with Gasteiger partial charge in [0.2, 0.25) is 6.41 Å². The number of aromatic nitrogens is 1. The normalized spacial score (nSPS) is 9.87. The van der Waals surface area contributed by atoms with Crippen molar-refractivity contribution in [1.82, 2.24) is 10.5 Å². The molecule has 0 fully saturated rings. The molecule has 15 heavy (non-hydrogen) atoms. The third-order valence-electron chi connectivity index (χ3n) is 1.99. The Morgan fingerprint density at radius 2 is 2.13 bits per heavy atom. The van der Waals surface area contributed by atoms with Crippen LogP contribution in [0.5, 0.6) is 0 Å². The number of benzene rings is 1. The van der Waals surface area contributed by atoms with Gasteiger partial charge >= 0.3 is 0 Å². The Kier molecular flexibility index (Phi) is 2.78. The Balaban J connectivity index is 2.17. The lowest BCUT2D eigenvalue weighted by molar-refractivity contribution is -0.109. The zero-order valence-corrected chi connectivity index (χ0v) is 8.01. The van der Waals surface area contributed by atoms with Crippen molar-refractivity contribution in [2.24, 2.45) is 0 Å². The van der Waals surface area contributed by atoms with E-state index in [1.54, 1.807) is 0 Å². The van der Waals surface area contributed by atoms with Crippen molar-refractivity contribution >= 4 is 6.41 Å². The van der Waals surface area contributed by atoms with E-state index in [9.17, 15) is 4.79 Å². The summed E-state index contributed by atoms with van der Waals surface area (Å²) in [4.78, 5) is 10.1. The molecule has 0 bridgehead atoms. The lowest BCUT2D eigenvalue weighted by Gasteiger charge is -1.91. The van der Waals surface area contributed by atoms with Crippen LogP contribution in [-0.4, -0.2) is 11.6 Å². The van der Waals surface area contributed by atoms with E-state index in [4.69, 9.17) is 4.52 Å². The van der Waals surface area contributed by atoms with Crippen LogP contribution in [0.2, 0.25) is 0 Å². The molecule has 4 nitrogen and oxygen atoms in total. The van der Waals surface area contributed by atoms with Crippen molar-refractivity contribution in [2.45, 2.75) is 6.54 Å². The first-order valence-corrected chi connectivity index (χ1v) is 4.58. The van der Waals surface area contributed by atoms with Crippen molar-refractivity contribution in [3.05, 3.63) is 42.2 Å². The third kappa shape index (κ3) is 2.22. The average molecular weight is 202 g/mol. The van der Waals surface area contributed by atoms with Crippen LogP contribution in [0.4, 0.5) is 0 Å². The number of hydrogen-bond donors (Lipinski definition) is 1. The number of nitrogens with one attached hydrogen (secondary N) is 1. The van der Waals surface area contributed by atoms with Crippen LogP contribution in [-0.2, 0) is 11.3 Å². The quantitative estimate of drug-likeness (QED) is 0.766. The highest BCUT2D eigenvalue weighted by Gasteiger charge is 2.04. The van der Waals surface area contributed by atoms with E-state index in [0.29, 0.717) is 18.7 Å². The number of hydrogen-bond acceptors (Lipinski definition) is 3. The number of carbonyl (C=O) groups excluding carboxylic acids is 1. The summed E-state index contributed by atoms with van der Waals surface area (Å²) in [5, 5.41) is 6.42. The third-order valence-corrected chi connectivity index (χ3v) is 1.99. The Morgan fingerprint density at radius 1 is 1.33 bits per heavy atom. The molecule has 4 heteroatoms. The van der Waals surface area contributed by atoms with Gasteiger partial charge in [-0.25, -0.2) is 0 Å². The van der Waals surface area contributed by atoms with Gasteiger partial charge in [0.1, 0.15) is 5.69 Å². The minimum Gasteiger partial charge on any atom is -0.359 e. The fourth-order valence-electron chi connectivity index (χ4n) is 1.28. The van der Waals surface area contributed by atoms with E-state index in [1.807, 2.05) is 36.4 Å². The lowest BCUT2D eigenvalue weighted by atomic mass is 10.1. The first kappa shape index (κ1) is 9.45. The SMILES string of the molecule is O=CNCc1cc(-c2ccccc2)no1. The maximum Gasteiger partial charge on any atom is 0.207 e. The standard InChI is InChI=1S/C11H10N2O2/c14-8-12-7-10-6-11(13-15-10)9-4-2-1-3-5-9/h1-6,8H,7H2,(H,12,14). The van der Waals surface area contributed by atoms with Gasteiger partial charge < -0.3 is 9.84 Å². The highest BCUT2D eigenvalue weighted by molar-refractivity contribution is 5.58. The molecule has 0 radical (unpaired) electrons. The van der Waals surface area contributed by atoms with Gasteiger partial charge in [-0.3, -0.25) is 4.79 Å². The van der Waals surface area contributed by atoms with E-state index in [-0.39, 0.29) is 0 Å². The molecule has 2 rings (SSSR count). The topological polar surface area (TPSA) is 55.1 Å². The van der Waals surface area contributed by atoms with E-state index >= 15 is 0 Å². The average Bonchev–Trinajstić information content (AvgIpc) is 2.76. The largest absolute Gasteiger partial charge is 0.359 e. The lowest BCUT2D eigenvalue weighted by Crippen LogP contribution is -2.08. The summed E-state index contributed by atoms with van der Waals surface area (Å²) in [5.74, 6) is 0.640. The van der Waals surface area contributed by atoms with Crippen LogP contribution in [0, 0.1) is 0 Å². The fourth-order valence-corrected chi connectivity index (χ4v) is 1.28. The van der Waals surface area contributed by atoms with Gasteiger partial charge in [0.05, 0.1) is 6.54 Å². The molecular weight excluding hydrogens is 192 g/mol. The molecule has 0 atom stereocenters. The van der Waals surface area contributed by atoms with Crippen LogP contribution in [0.25, 0.3) is 11.3 Å². The summed E-state index contributed by atoms with van der Waals surface area (Å²) in [6.45, 7) is 0.364. The number of nitrogens with zero attached hydrogens (tertiary/aromatic N) is 1. The molecule has 2 aromatic rings. The van der Waals surface area contributed by atoms with Gasteiger partial charge in [-0.15, -0.1) is 0 Å². The molecule has 1 aromatic heterocycles.